The molecule has 0 radical (unpaired) electrons. The van der Waals surface area contributed by atoms with Crippen LogP contribution in [0, 0.1) is 17.8 Å². The maximum Gasteiger partial charge on any atom is 0.00478 e. The van der Waals surface area contributed by atoms with Gasteiger partial charge in [0.1, 0.15) is 0 Å². The molecule has 2 fully saturated rings. The second-order valence-electron chi connectivity index (χ2n) is 6.18. The van der Waals surface area contributed by atoms with Gasteiger partial charge in [-0.3, -0.25) is 0 Å². The molecule has 0 heterocycles. The minimum atomic E-state index is 0.655. The standard InChI is InChI=1S/C14H28N2/c1-11(15-2)6-7-16(3)10-14-9-12-4-5-13(14)8-12/h11-15H,4-10H2,1-3H3. The lowest BCUT2D eigenvalue weighted by Gasteiger charge is -2.27. The third kappa shape index (κ3) is 2.98. The summed E-state index contributed by atoms with van der Waals surface area (Å²) in [7, 11) is 4.36. The molecule has 2 nitrogen and oxygen atoms in total. The van der Waals surface area contributed by atoms with Crippen molar-refractivity contribution in [1.82, 2.24) is 10.2 Å². The van der Waals surface area contributed by atoms with Crippen LogP contribution in [0.5, 0.6) is 0 Å². The van der Waals surface area contributed by atoms with Gasteiger partial charge in [-0.2, -0.15) is 0 Å². The topological polar surface area (TPSA) is 15.3 Å². The summed E-state index contributed by atoms with van der Waals surface area (Å²) in [6.07, 6.45) is 7.40. The van der Waals surface area contributed by atoms with Gasteiger partial charge in [-0.05, 0) is 71.0 Å². The lowest BCUT2D eigenvalue weighted by Crippen LogP contribution is -2.33. The molecule has 2 aliphatic rings. The molecule has 4 atom stereocenters. The average Bonchev–Trinajstić information content (AvgIpc) is 2.87. The average molecular weight is 224 g/mol. The van der Waals surface area contributed by atoms with E-state index in [0.717, 1.165) is 17.8 Å². The minimum Gasteiger partial charge on any atom is -0.317 e. The SMILES string of the molecule is CNC(C)CCN(C)CC1CC2CCC1C2. The summed E-state index contributed by atoms with van der Waals surface area (Å²) >= 11 is 0. The van der Waals surface area contributed by atoms with E-state index in [9.17, 15) is 0 Å². The number of fused-ring (bicyclic) bond motifs is 2. The number of hydrogen-bond acceptors (Lipinski definition) is 2. The van der Waals surface area contributed by atoms with Crippen LogP contribution in [0.25, 0.3) is 0 Å². The smallest absolute Gasteiger partial charge is 0.00478 e. The van der Waals surface area contributed by atoms with E-state index < -0.39 is 0 Å². The van der Waals surface area contributed by atoms with Gasteiger partial charge in [0.25, 0.3) is 0 Å². The van der Waals surface area contributed by atoms with E-state index in [1.54, 1.807) is 6.42 Å². The van der Waals surface area contributed by atoms with E-state index in [0.29, 0.717) is 6.04 Å². The van der Waals surface area contributed by atoms with E-state index in [2.05, 4.69) is 31.2 Å². The third-order valence-electron chi connectivity index (χ3n) is 4.87. The van der Waals surface area contributed by atoms with Crippen molar-refractivity contribution in [2.75, 3.05) is 27.2 Å². The molecule has 0 aromatic carbocycles. The van der Waals surface area contributed by atoms with Gasteiger partial charge in [0.15, 0.2) is 0 Å². The maximum absolute atomic E-state index is 3.31. The molecular weight excluding hydrogens is 196 g/mol. The highest BCUT2D eigenvalue weighted by molar-refractivity contribution is 4.90. The Morgan fingerprint density at radius 1 is 1.31 bits per heavy atom. The predicted octanol–water partition coefficient (Wildman–Crippen LogP) is 2.35. The molecule has 0 spiro atoms. The lowest BCUT2D eigenvalue weighted by molar-refractivity contribution is 0.214. The summed E-state index contributed by atoms with van der Waals surface area (Å²) in [5.41, 5.74) is 0. The van der Waals surface area contributed by atoms with Crippen molar-refractivity contribution in [3.05, 3.63) is 0 Å². The summed E-state index contributed by atoms with van der Waals surface area (Å²) < 4.78 is 0. The maximum atomic E-state index is 3.31. The van der Waals surface area contributed by atoms with Crippen LogP contribution in [0.1, 0.15) is 39.0 Å². The Hall–Kier alpha value is -0.0800. The molecule has 2 saturated carbocycles. The molecule has 2 aliphatic carbocycles. The van der Waals surface area contributed by atoms with Crippen molar-refractivity contribution in [1.29, 1.82) is 0 Å². The summed E-state index contributed by atoms with van der Waals surface area (Å²) in [6.45, 7) is 4.86. The van der Waals surface area contributed by atoms with Gasteiger partial charge in [-0.1, -0.05) is 6.42 Å². The van der Waals surface area contributed by atoms with Gasteiger partial charge in [0, 0.05) is 12.6 Å². The number of nitrogens with zero attached hydrogens (tertiary/aromatic N) is 1. The first-order valence-electron chi connectivity index (χ1n) is 7.05. The normalized spacial score (nSPS) is 34.9. The first-order valence-corrected chi connectivity index (χ1v) is 7.05. The Bertz CT molecular complexity index is 217. The molecule has 2 rings (SSSR count). The number of rotatable bonds is 6. The largest absolute Gasteiger partial charge is 0.317 e. The Balaban J connectivity index is 1.65. The molecule has 0 aromatic heterocycles. The van der Waals surface area contributed by atoms with Crippen molar-refractivity contribution >= 4 is 0 Å². The second-order valence-corrected chi connectivity index (χ2v) is 6.18. The quantitative estimate of drug-likeness (QED) is 0.745. The number of nitrogens with one attached hydrogen (secondary N) is 1. The van der Waals surface area contributed by atoms with Crippen LogP contribution < -0.4 is 5.32 Å². The van der Waals surface area contributed by atoms with Crippen molar-refractivity contribution in [3.63, 3.8) is 0 Å². The molecule has 0 aromatic rings. The van der Waals surface area contributed by atoms with E-state index in [1.807, 2.05) is 0 Å². The van der Waals surface area contributed by atoms with Gasteiger partial charge in [0.05, 0.1) is 0 Å². The lowest BCUT2D eigenvalue weighted by atomic mass is 9.88. The fourth-order valence-electron chi connectivity index (χ4n) is 3.65. The van der Waals surface area contributed by atoms with Crippen LogP contribution in [-0.2, 0) is 0 Å². The van der Waals surface area contributed by atoms with Crippen molar-refractivity contribution < 1.29 is 0 Å². The molecule has 16 heavy (non-hydrogen) atoms. The van der Waals surface area contributed by atoms with Gasteiger partial charge in [0.2, 0.25) is 0 Å². The van der Waals surface area contributed by atoms with Crippen molar-refractivity contribution in [3.8, 4) is 0 Å². The summed E-state index contributed by atoms with van der Waals surface area (Å²) in [5, 5.41) is 3.31. The Kier molecular flexibility index (Phi) is 4.26. The second kappa shape index (κ2) is 5.50. The van der Waals surface area contributed by atoms with Gasteiger partial charge in [-0.25, -0.2) is 0 Å². The fourth-order valence-corrected chi connectivity index (χ4v) is 3.65. The van der Waals surface area contributed by atoms with Gasteiger partial charge in [-0.15, -0.1) is 0 Å². The molecule has 94 valence electrons. The first-order chi connectivity index (χ1) is 7.69. The van der Waals surface area contributed by atoms with E-state index in [4.69, 9.17) is 0 Å². The Morgan fingerprint density at radius 2 is 2.12 bits per heavy atom. The van der Waals surface area contributed by atoms with E-state index in [1.165, 1.54) is 38.8 Å². The fraction of sp³-hybridized carbons (Fsp3) is 1.00. The summed E-state index contributed by atoms with van der Waals surface area (Å²) in [4.78, 5) is 2.55. The summed E-state index contributed by atoms with van der Waals surface area (Å²) in [5.74, 6) is 3.20. The molecule has 2 heteroatoms. The molecule has 0 saturated heterocycles. The van der Waals surface area contributed by atoms with E-state index >= 15 is 0 Å². The van der Waals surface area contributed by atoms with Crippen LogP contribution in [0.2, 0.25) is 0 Å². The third-order valence-corrected chi connectivity index (χ3v) is 4.87. The minimum absolute atomic E-state index is 0.655. The van der Waals surface area contributed by atoms with Crippen LogP contribution in [0.15, 0.2) is 0 Å². The highest BCUT2D eigenvalue weighted by atomic mass is 15.1. The Labute approximate surface area is 101 Å². The number of hydrogen-bond donors (Lipinski definition) is 1. The molecular formula is C14H28N2. The van der Waals surface area contributed by atoms with Crippen molar-refractivity contribution in [2.24, 2.45) is 17.8 Å². The summed E-state index contributed by atoms with van der Waals surface area (Å²) in [6, 6.07) is 0.655. The highest BCUT2D eigenvalue weighted by Gasteiger charge is 2.39. The first kappa shape index (κ1) is 12.4. The van der Waals surface area contributed by atoms with Crippen LogP contribution >= 0.6 is 0 Å². The van der Waals surface area contributed by atoms with Crippen LogP contribution in [0.4, 0.5) is 0 Å². The zero-order valence-electron chi connectivity index (χ0n) is 11.2. The molecule has 0 amide bonds. The molecule has 0 aliphatic heterocycles. The molecule has 1 N–H and O–H groups in total. The Morgan fingerprint density at radius 3 is 2.69 bits per heavy atom. The predicted molar refractivity (Wildman–Crippen MR) is 69.6 cm³/mol. The molecule has 4 unspecified atom stereocenters. The molecule has 2 bridgehead atoms. The monoisotopic (exact) mass is 224 g/mol. The van der Waals surface area contributed by atoms with Gasteiger partial charge >= 0.3 is 0 Å². The van der Waals surface area contributed by atoms with Crippen molar-refractivity contribution in [2.45, 2.75) is 45.1 Å². The zero-order chi connectivity index (χ0) is 11.5. The van der Waals surface area contributed by atoms with E-state index in [-0.39, 0.29) is 0 Å². The zero-order valence-corrected chi connectivity index (χ0v) is 11.2. The van der Waals surface area contributed by atoms with Crippen LogP contribution in [-0.4, -0.2) is 38.1 Å². The van der Waals surface area contributed by atoms with Crippen LogP contribution in [0.3, 0.4) is 0 Å². The van der Waals surface area contributed by atoms with Gasteiger partial charge < -0.3 is 10.2 Å². The highest BCUT2D eigenvalue weighted by Crippen LogP contribution is 2.48.